The third-order valence-electron chi connectivity index (χ3n) is 3.06. The van der Waals surface area contributed by atoms with Gasteiger partial charge in [0.1, 0.15) is 11.5 Å². The van der Waals surface area contributed by atoms with E-state index in [0.717, 1.165) is 0 Å². The number of halogens is 1. The highest BCUT2D eigenvalue weighted by molar-refractivity contribution is 5.65. The van der Waals surface area contributed by atoms with Crippen molar-refractivity contribution in [2.75, 3.05) is 7.11 Å². The van der Waals surface area contributed by atoms with Gasteiger partial charge >= 0.3 is 6.16 Å². The SMILES string of the molecule is COC(=O)Oc1c(C(C)C)nn(-c2ccc(F)cc2)c1C. The van der Waals surface area contributed by atoms with Gasteiger partial charge in [-0.05, 0) is 31.2 Å². The summed E-state index contributed by atoms with van der Waals surface area (Å²) in [6, 6.07) is 5.93. The van der Waals surface area contributed by atoms with Crippen LogP contribution in [0.1, 0.15) is 31.2 Å². The first-order valence-corrected chi connectivity index (χ1v) is 6.55. The summed E-state index contributed by atoms with van der Waals surface area (Å²) in [5.74, 6) is 0.116. The maximum Gasteiger partial charge on any atom is 0.513 e. The van der Waals surface area contributed by atoms with Crippen molar-refractivity contribution < 1.29 is 18.7 Å². The van der Waals surface area contributed by atoms with E-state index in [1.54, 1.807) is 23.7 Å². The number of hydrogen-bond donors (Lipinski definition) is 0. The molecule has 0 N–H and O–H groups in total. The first-order chi connectivity index (χ1) is 9.93. The van der Waals surface area contributed by atoms with Crippen molar-refractivity contribution in [3.8, 4) is 11.4 Å². The third-order valence-corrected chi connectivity index (χ3v) is 3.06. The van der Waals surface area contributed by atoms with Crippen LogP contribution in [0.15, 0.2) is 24.3 Å². The highest BCUT2D eigenvalue weighted by atomic mass is 19.1. The van der Waals surface area contributed by atoms with E-state index in [-0.39, 0.29) is 11.7 Å². The lowest BCUT2D eigenvalue weighted by atomic mass is 10.1. The molecule has 0 aliphatic rings. The summed E-state index contributed by atoms with van der Waals surface area (Å²) in [5.41, 5.74) is 1.98. The summed E-state index contributed by atoms with van der Waals surface area (Å²) >= 11 is 0. The van der Waals surface area contributed by atoms with Crippen molar-refractivity contribution >= 4 is 6.16 Å². The predicted octanol–water partition coefficient (Wildman–Crippen LogP) is 3.59. The second kappa shape index (κ2) is 5.95. The normalized spacial score (nSPS) is 10.8. The molecule has 2 rings (SSSR count). The summed E-state index contributed by atoms with van der Waals surface area (Å²) < 4.78 is 24.4. The Balaban J connectivity index is 2.50. The van der Waals surface area contributed by atoms with Gasteiger partial charge in [0, 0.05) is 5.92 Å². The van der Waals surface area contributed by atoms with Gasteiger partial charge in [0.15, 0.2) is 5.75 Å². The fourth-order valence-corrected chi connectivity index (χ4v) is 1.97. The molecule has 1 aromatic heterocycles. The fourth-order valence-electron chi connectivity index (χ4n) is 1.97. The van der Waals surface area contributed by atoms with E-state index in [0.29, 0.717) is 22.8 Å². The second-order valence-electron chi connectivity index (χ2n) is 4.90. The molecule has 6 heteroatoms. The number of rotatable bonds is 3. The lowest BCUT2D eigenvalue weighted by Gasteiger charge is -2.06. The summed E-state index contributed by atoms with van der Waals surface area (Å²) in [7, 11) is 1.25. The molecule has 112 valence electrons. The Labute approximate surface area is 122 Å². The molecule has 0 aliphatic carbocycles. The summed E-state index contributed by atoms with van der Waals surface area (Å²) in [4.78, 5) is 11.4. The molecular formula is C15H17FN2O3. The Morgan fingerprint density at radius 2 is 1.90 bits per heavy atom. The maximum atomic E-state index is 13.0. The van der Waals surface area contributed by atoms with E-state index < -0.39 is 6.16 Å². The van der Waals surface area contributed by atoms with Crippen molar-refractivity contribution in [3.05, 3.63) is 41.5 Å². The van der Waals surface area contributed by atoms with E-state index in [4.69, 9.17) is 4.74 Å². The van der Waals surface area contributed by atoms with Gasteiger partial charge in [-0.1, -0.05) is 13.8 Å². The van der Waals surface area contributed by atoms with Gasteiger partial charge < -0.3 is 9.47 Å². The molecule has 0 fully saturated rings. The fraction of sp³-hybridized carbons (Fsp3) is 0.333. The number of benzene rings is 1. The van der Waals surface area contributed by atoms with Crippen LogP contribution in [-0.2, 0) is 4.74 Å². The molecule has 1 aromatic carbocycles. The molecule has 5 nitrogen and oxygen atoms in total. The molecule has 0 atom stereocenters. The maximum absolute atomic E-state index is 13.0. The van der Waals surface area contributed by atoms with Crippen molar-refractivity contribution in [1.29, 1.82) is 0 Å². The van der Waals surface area contributed by atoms with Crippen LogP contribution in [0.25, 0.3) is 5.69 Å². The van der Waals surface area contributed by atoms with Crippen LogP contribution < -0.4 is 4.74 Å². The Kier molecular flexibility index (Phi) is 4.26. The Bertz CT molecular complexity index is 648. The lowest BCUT2D eigenvalue weighted by molar-refractivity contribution is 0.120. The van der Waals surface area contributed by atoms with Gasteiger partial charge in [-0.2, -0.15) is 5.10 Å². The number of methoxy groups -OCH3 is 1. The average Bonchev–Trinajstić information content (AvgIpc) is 2.77. The lowest BCUT2D eigenvalue weighted by Crippen LogP contribution is -2.09. The zero-order valence-corrected chi connectivity index (χ0v) is 12.4. The van der Waals surface area contributed by atoms with Crippen LogP contribution in [0.5, 0.6) is 5.75 Å². The molecule has 0 saturated heterocycles. The first-order valence-electron chi connectivity index (χ1n) is 6.55. The topological polar surface area (TPSA) is 53.4 Å². The molecule has 0 aliphatic heterocycles. The molecule has 0 bridgehead atoms. The molecule has 2 aromatic rings. The molecule has 0 spiro atoms. The highest BCUT2D eigenvalue weighted by Crippen LogP contribution is 2.31. The Hall–Kier alpha value is -2.37. The van der Waals surface area contributed by atoms with Crippen molar-refractivity contribution in [3.63, 3.8) is 0 Å². The largest absolute Gasteiger partial charge is 0.513 e. The molecular weight excluding hydrogens is 275 g/mol. The summed E-state index contributed by atoms with van der Waals surface area (Å²) in [6.07, 6.45) is -0.793. The van der Waals surface area contributed by atoms with Crippen molar-refractivity contribution in [1.82, 2.24) is 9.78 Å². The minimum Gasteiger partial charge on any atom is -0.437 e. The number of ether oxygens (including phenoxy) is 2. The predicted molar refractivity (Wildman–Crippen MR) is 75.4 cm³/mol. The smallest absolute Gasteiger partial charge is 0.437 e. The molecule has 0 radical (unpaired) electrons. The third kappa shape index (κ3) is 3.04. The molecule has 1 heterocycles. The van der Waals surface area contributed by atoms with E-state index in [2.05, 4.69) is 9.84 Å². The molecule has 0 saturated carbocycles. The molecule has 21 heavy (non-hydrogen) atoms. The van der Waals surface area contributed by atoms with Gasteiger partial charge in [-0.3, -0.25) is 0 Å². The summed E-state index contributed by atoms with van der Waals surface area (Å²) in [6.45, 7) is 5.67. The van der Waals surface area contributed by atoms with E-state index in [1.807, 2.05) is 13.8 Å². The Morgan fingerprint density at radius 3 is 2.43 bits per heavy atom. The van der Waals surface area contributed by atoms with Crippen LogP contribution >= 0.6 is 0 Å². The highest BCUT2D eigenvalue weighted by Gasteiger charge is 2.22. The summed E-state index contributed by atoms with van der Waals surface area (Å²) in [5, 5.41) is 4.46. The number of hydrogen-bond acceptors (Lipinski definition) is 4. The van der Waals surface area contributed by atoms with Gasteiger partial charge in [-0.25, -0.2) is 13.9 Å². The van der Waals surface area contributed by atoms with Crippen LogP contribution in [0.3, 0.4) is 0 Å². The standard InChI is InChI=1S/C15H17FN2O3/c1-9(2)13-14(21-15(19)20-4)10(3)18(17-13)12-7-5-11(16)6-8-12/h5-9H,1-4H3. The second-order valence-corrected chi connectivity index (χ2v) is 4.90. The first kappa shape index (κ1) is 15.0. The van der Waals surface area contributed by atoms with Crippen LogP contribution in [0.2, 0.25) is 0 Å². The van der Waals surface area contributed by atoms with E-state index >= 15 is 0 Å². The van der Waals surface area contributed by atoms with Crippen molar-refractivity contribution in [2.24, 2.45) is 0 Å². The van der Waals surface area contributed by atoms with Crippen LogP contribution in [0.4, 0.5) is 9.18 Å². The Morgan fingerprint density at radius 1 is 1.29 bits per heavy atom. The van der Waals surface area contributed by atoms with Crippen LogP contribution in [-0.4, -0.2) is 23.0 Å². The van der Waals surface area contributed by atoms with Gasteiger partial charge in [0.05, 0.1) is 18.5 Å². The monoisotopic (exact) mass is 292 g/mol. The number of aromatic nitrogens is 2. The van der Waals surface area contributed by atoms with E-state index in [9.17, 15) is 9.18 Å². The molecule has 0 unspecified atom stereocenters. The number of carbonyl (C=O) groups excluding carboxylic acids is 1. The minimum absolute atomic E-state index is 0.0602. The zero-order chi connectivity index (χ0) is 15.6. The zero-order valence-electron chi connectivity index (χ0n) is 12.4. The van der Waals surface area contributed by atoms with Gasteiger partial charge in [0.2, 0.25) is 0 Å². The minimum atomic E-state index is -0.793. The molecule has 0 amide bonds. The quantitative estimate of drug-likeness (QED) is 0.811. The van der Waals surface area contributed by atoms with Crippen molar-refractivity contribution in [2.45, 2.75) is 26.7 Å². The van der Waals surface area contributed by atoms with Crippen LogP contribution in [0, 0.1) is 12.7 Å². The average molecular weight is 292 g/mol. The van der Waals surface area contributed by atoms with E-state index in [1.165, 1.54) is 19.2 Å². The number of carbonyl (C=O) groups is 1. The van der Waals surface area contributed by atoms with Gasteiger partial charge in [-0.15, -0.1) is 0 Å². The van der Waals surface area contributed by atoms with Gasteiger partial charge in [0.25, 0.3) is 0 Å². The number of nitrogens with zero attached hydrogens (tertiary/aromatic N) is 2.